The molecular formula is C29H41N3O5. The van der Waals surface area contributed by atoms with Gasteiger partial charge in [-0.1, -0.05) is 50.6 Å². The van der Waals surface area contributed by atoms with Gasteiger partial charge in [-0.15, -0.1) is 0 Å². The van der Waals surface area contributed by atoms with Crippen molar-refractivity contribution in [2.24, 2.45) is 5.92 Å². The molecule has 3 atom stereocenters. The Morgan fingerprint density at radius 3 is 2.03 bits per heavy atom. The molecular weight excluding hydrogens is 470 g/mol. The molecule has 3 unspecified atom stereocenters. The van der Waals surface area contributed by atoms with Gasteiger partial charge in [-0.25, -0.2) is 4.79 Å². The van der Waals surface area contributed by atoms with Crippen molar-refractivity contribution < 1.29 is 23.9 Å². The number of carbonyl (C=O) groups excluding carboxylic acids is 3. The summed E-state index contributed by atoms with van der Waals surface area (Å²) in [4.78, 5) is 42.0. The van der Waals surface area contributed by atoms with E-state index in [1.54, 1.807) is 57.0 Å². The van der Waals surface area contributed by atoms with Crippen LogP contribution in [0, 0.1) is 5.92 Å². The molecule has 0 aliphatic carbocycles. The number of nitrogens with zero attached hydrogens (tertiary/aromatic N) is 1. The number of nitrogens with one attached hydrogen (secondary N) is 2. The van der Waals surface area contributed by atoms with Gasteiger partial charge in [-0.05, 0) is 70.4 Å². The number of carbonyl (C=O) groups is 3. The minimum atomic E-state index is -0.928. The van der Waals surface area contributed by atoms with Crippen LogP contribution in [0.15, 0.2) is 54.6 Å². The number of methoxy groups -OCH3 is 1. The highest BCUT2D eigenvalue weighted by molar-refractivity contribution is 5.99. The van der Waals surface area contributed by atoms with Gasteiger partial charge in [0.25, 0.3) is 5.91 Å². The zero-order valence-corrected chi connectivity index (χ0v) is 23.2. The molecule has 0 spiro atoms. The first-order chi connectivity index (χ1) is 17.4. The van der Waals surface area contributed by atoms with Gasteiger partial charge in [-0.3, -0.25) is 9.59 Å². The van der Waals surface area contributed by atoms with E-state index in [2.05, 4.69) is 10.6 Å². The van der Waals surface area contributed by atoms with E-state index in [-0.39, 0.29) is 23.8 Å². The number of amides is 3. The summed E-state index contributed by atoms with van der Waals surface area (Å²) in [7, 11) is 1.57. The molecule has 3 amide bonds. The summed E-state index contributed by atoms with van der Waals surface area (Å²) in [6, 6.07) is 14.0. The highest BCUT2D eigenvalue weighted by Gasteiger charge is 2.39. The minimum absolute atomic E-state index is 0.192. The summed E-state index contributed by atoms with van der Waals surface area (Å²) in [5.74, 6) is -0.240. The van der Waals surface area contributed by atoms with Gasteiger partial charge in [0.05, 0.1) is 7.11 Å². The molecule has 0 saturated heterocycles. The maximum absolute atomic E-state index is 14.1. The van der Waals surface area contributed by atoms with E-state index >= 15 is 0 Å². The van der Waals surface area contributed by atoms with Crippen molar-refractivity contribution in [2.75, 3.05) is 12.4 Å². The maximum Gasteiger partial charge on any atom is 0.408 e. The Hall–Kier alpha value is -3.55. The van der Waals surface area contributed by atoms with Gasteiger partial charge in [-0.2, -0.15) is 0 Å². The van der Waals surface area contributed by atoms with Crippen molar-refractivity contribution >= 4 is 23.6 Å². The molecule has 8 nitrogen and oxygen atoms in total. The fourth-order valence-electron chi connectivity index (χ4n) is 3.92. The predicted molar refractivity (Wildman–Crippen MR) is 145 cm³/mol. The molecule has 0 bridgehead atoms. The second-order valence-corrected chi connectivity index (χ2v) is 10.4. The quantitative estimate of drug-likeness (QED) is 0.436. The lowest BCUT2D eigenvalue weighted by Crippen LogP contribution is -2.56. The predicted octanol–water partition coefficient (Wildman–Crippen LogP) is 5.55. The maximum atomic E-state index is 14.1. The molecule has 0 fully saturated rings. The van der Waals surface area contributed by atoms with Gasteiger partial charge in [0.2, 0.25) is 5.91 Å². The van der Waals surface area contributed by atoms with Gasteiger partial charge in [0, 0.05) is 11.7 Å². The van der Waals surface area contributed by atoms with Gasteiger partial charge >= 0.3 is 6.09 Å². The van der Waals surface area contributed by atoms with Crippen LogP contribution in [0.4, 0.5) is 10.5 Å². The van der Waals surface area contributed by atoms with E-state index in [4.69, 9.17) is 9.47 Å². The summed E-state index contributed by atoms with van der Waals surface area (Å²) in [5.41, 5.74) is 0.527. The lowest BCUT2D eigenvalue weighted by atomic mass is 9.95. The van der Waals surface area contributed by atoms with Crippen LogP contribution in [0.25, 0.3) is 0 Å². The lowest BCUT2D eigenvalue weighted by molar-refractivity contribution is -0.144. The van der Waals surface area contributed by atoms with Gasteiger partial charge in [0.15, 0.2) is 0 Å². The lowest BCUT2D eigenvalue weighted by Gasteiger charge is -2.38. The third kappa shape index (κ3) is 8.51. The Morgan fingerprint density at radius 2 is 1.54 bits per heavy atom. The molecule has 0 aliphatic rings. The fourth-order valence-corrected chi connectivity index (χ4v) is 3.92. The Bertz CT molecular complexity index is 1030. The van der Waals surface area contributed by atoms with Crippen molar-refractivity contribution in [3.63, 3.8) is 0 Å². The van der Waals surface area contributed by atoms with E-state index < -0.39 is 23.8 Å². The Balaban J connectivity index is 2.47. The zero-order valence-electron chi connectivity index (χ0n) is 23.2. The summed E-state index contributed by atoms with van der Waals surface area (Å²) >= 11 is 0. The van der Waals surface area contributed by atoms with E-state index in [0.717, 1.165) is 0 Å². The van der Waals surface area contributed by atoms with Crippen LogP contribution in [-0.4, -0.2) is 47.6 Å². The molecule has 0 radical (unpaired) electrons. The smallest absolute Gasteiger partial charge is 0.408 e. The molecule has 2 rings (SSSR count). The molecule has 0 heterocycles. The molecule has 2 aromatic rings. The largest absolute Gasteiger partial charge is 0.497 e. The summed E-state index contributed by atoms with van der Waals surface area (Å²) < 4.78 is 10.6. The van der Waals surface area contributed by atoms with E-state index in [9.17, 15) is 14.4 Å². The zero-order chi connectivity index (χ0) is 27.8. The second kappa shape index (κ2) is 13.1. The van der Waals surface area contributed by atoms with Crippen LogP contribution < -0.4 is 15.4 Å². The first kappa shape index (κ1) is 29.7. The molecule has 2 N–H and O–H groups in total. The summed E-state index contributed by atoms with van der Waals surface area (Å²) in [6.45, 7) is 12.9. The Labute approximate surface area is 220 Å². The van der Waals surface area contributed by atoms with Crippen molar-refractivity contribution in [1.82, 2.24) is 10.2 Å². The topological polar surface area (TPSA) is 97.0 Å². The number of anilines is 1. The third-order valence-electron chi connectivity index (χ3n) is 5.96. The Morgan fingerprint density at radius 1 is 0.946 bits per heavy atom. The number of alkyl carbamates (subject to hydrolysis) is 1. The van der Waals surface area contributed by atoms with E-state index in [1.807, 2.05) is 58.0 Å². The second-order valence-electron chi connectivity index (χ2n) is 10.4. The number of hydrogen-bond acceptors (Lipinski definition) is 5. The van der Waals surface area contributed by atoms with Crippen LogP contribution in [-0.2, 0) is 14.3 Å². The first-order valence-corrected chi connectivity index (χ1v) is 12.7. The summed E-state index contributed by atoms with van der Waals surface area (Å²) in [5, 5.41) is 5.70. The average molecular weight is 512 g/mol. The number of rotatable bonds is 10. The fraction of sp³-hybridized carbons (Fsp3) is 0.483. The van der Waals surface area contributed by atoms with Crippen LogP contribution in [0.5, 0.6) is 5.75 Å². The van der Waals surface area contributed by atoms with Crippen LogP contribution in [0.2, 0.25) is 0 Å². The molecule has 8 heteroatoms. The molecule has 0 aliphatic heterocycles. The highest BCUT2D eigenvalue weighted by atomic mass is 16.6. The van der Waals surface area contributed by atoms with Crippen molar-refractivity contribution in [3.8, 4) is 5.75 Å². The summed E-state index contributed by atoms with van der Waals surface area (Å²) in [6.07, 6.45) is -0.0274. The molecule has 202 valence electrons. The Kier molecular flexibility index (Phi) is 10.5. The molecule has 0 saturated carbocycles. The average Bonchev–Trinajstić information content (AvgIpc) is 2.84. The molecule has 37 heavy (non-hydrogen) atoms. The van der Waals surface area contributed by atoms with Crippen molar-refractivity contribution in [1.29, 1.82) is 0 Å². The minimum Gasteiger partial charge on any atom is -0.497 e. The van der Waals surface area contributed by atoms with Crippen LogP contribution in [0.1, 0.15) is 66.5 Å². The monoisotopic (exact) mass is 511 g/mol. The van der Waals surface area contributed by atoms with Gasteiger partial charge in [0.1, 0.15) is 23.4 Å². The number of benzene rings is 2. The normalized spacial score (nSPS) is 13.8. The standard InChI is InChI=1S/C29H41N3O5/c1-9-20(4)24(31-28(35)37-29(5,6)7)27(34)32(19(2)3)25(21-13-11-10-12-14-21)26(33)30-22-15-17-23(36-8)18-16-22/h10-20,24-25H,9H2,1-8H3,(H,30,33)(H,31,35). The number of ether oxygens (including phenoxy) is 2. The third-order valence-corrected chi connectivity index (χ3v) is 5.96. The van der Waals surface area contributed by atoms with Crippen molar-refractivity contribution in [3.05, 3.63) is 60.2 Å². The molecule has 2 aromatic carbocycles. The van der Waals surface area contributed by atoms with Crippen LogP contribution in [0.3, 0.4) is 0 Å². The highest BCUT2D eigenvalue weighted by Crippen LogP contribution is 2.28. The van der Waals surface area contributed by atoms with Crippen LogP contribution >= 0.6 is 0 Å². The number of hydrogen-bond donors (Lipinski definition) is 2. The molecule has 0 aromatic heterocycles. The van der Waals surface area contributed by atoms with Crippen molar-refractivity contribution in [2.45, 2.75) is 78.6 Å². The van der Waals surface area contributed by atoms with E-state index in [0.29, 0.717) is 23.4 Å². The SMILES string of the molecule is CCC(C)C(NC(=O)OC(C)(C)C)C(=O)N(C(C)C)C(C(=O)Nc1ccc(OC)cc1)c1ccccc1. The van der Waals surface area contributed by atoms with Gasteiger partial charge < -0.3 is 25.0 Å². The van der Waals surface area contributed by atoms with E-state index in [1.165, 1.54) is 0 Å². The first-order valence-electron chi connectivity index (χ1n) is 12.7.